The highest BCUT2D eigenvalue weighted by atomic mass is 35.5. The molecule has 0 heterocycles. The molecule has 0 unspecified atom stereocenters. The van der Waals surface area contributed by atoms with E-state index in [1.54, 1.807) is 18.2 Å². The van der Waals surface area contributed by atoms with Crippen molar-refractivity contribution in [2.75, 3.05) is 30.7 Å². The van der Waals surface area contributed by atoms with Crippen molar-refractivity contribution in [2.45, 2.75) is 31.7 Å². The average molecular weight is 312 g/mol. The molecule has 116 valence electrons. The highest BCUT2D eigenvalue weighted by Crippen LogP contribution is 2.24. The van der Waals surface area contributed by atoms with Crippen molar-refractivity contribution in [2.24, 2.45) is 0 Å². The van der Waals surface area contributed by atoms with Gasteiger partial charge in [-0.05, 0) is 31.0 Å². The number of carbonyl (C=O) groups is 1. The molecule has 2 rings (SSSR count). The van der Waals surface area contributed by atoms with Gasteiger partial charge in [-0.2, -0.15) is 0 Å². The number of amides is 1. The molecule has 0 saturated heterocycles. The minimum Gasteiger partial charge on any atom is -0.397 e. The Bertz CT molecular complexity index is 490. The van der Waals surface area contributed by atoms with Gasteiger partial charge in [-0.15, -0.1) is 0 Å². The third-order valence-electron chi connectivity index (χ3n) is 3.85. The van der Waals surface area contributed by atoms with Gasteiger partial charge in [0.1, 0.15) is 0 Å². The van der Waals surface area contributed by atoms with Gasteiger partial charge in [0.05, 0.1) is 23.9 Å². The number of anilines is 2. The molecule has 1 aromatic carbocycles. The fraction of sp³-hybridized carbons (Fsp3) is 0.533. The monoisotopic (exact) mass is 311 g/mol. The maximum absolute atomic E-state index is 12.1. The molecule has 1 aliphatic carbocycles. The number of halogens is 1. The van der Waals surface area contributed by atoms with E-state index >= 15 is 0 Å². The Hall–Kier alpha value is -1.30. The summed E-state index contributed by atoms with van der Waals surface area (Å²) >= 11 is 5.86. The number of aliphatic hydroxyl groups excluding tert-OH is 1. The largest absolute Gasteiger partial charge is 0.397 e. The molecule has 5 nitrogen and oxygen atoms in total. The molecule has 0 radical (unpaired) electrons. The molecule has 0 aromatic heterocycles. The molecule has 0 spiro atoms. The quantitative estimate of drug-likeness (QED) is 0.703. The Kier molecular flexibility index (Phi) is 5.85. The van der Waals surface area contributed by atoms with Crippen LogP contribution in [0.3, 0.4) is 0 Å². The maximum Gasteiger partial charge on any atom is 0.238 e. The predicted molar refractivity (Wildman–Crippen MR) is 85.4 cm³/mol. The van der Waals surface area contributed by atoms with Crippen LogP contribution in [0.15, 0.2) is 18.2 Å². The van der Waals surface area contributed by atoms with Crippen molar-refractivity contribution in [1.29, 1.82) is 0 Å². The second-order valence-corrected chi connectivity index (χ2v) is 5.82. The molecule has 1 aromatic rings. The van der Waals surface area contributed by atoms with E-state index in [0.717, 1.165) is 12.8 Å². The molecular formula is C15H22ClN3O2. The molecule has 21 heavy (non-hydrogen) atoms. The zero-order valence-electron chi connectivity index (χ0n) is 12.0. The van der Waals surface area contributed by atoms with Gasteiger partial charge in [0.15, 0.2) is 0 Å². The summed E-state index contributed by atoms with van der Waals surface area (Å²) in [6, 6.07) is 5.43. The minimum atomic E-state index is -0.0999. The molecule has 4 N–H and O–H groups in total. The first-order valence-electron chi connectivity index (χ1n) is 7.30. The fourth-order valence-electron chi connectivity index (χ4n) is 2.80. The number of nitrogens with zero attached hydrogens (tertiary/aromatic N) is 1. The van der Waals surface area contributed by atoms with Gasteiger partial charge >= 0.3 is 0 Å². The molecule has 1 saturated carbocycles. The summed E-state index contributed by atoms with van der Waals surface area (Å²) in [7, 11) is 0. The van der Waals surface area contributed by atoms with Gasteiger partial charge in [0, 0.05) is 18.3 Å². The Balaban J connectivity index is 1.93. The number of nitrogen functional groups attached to an aromatic ring is 1. The van der Waals surface area contributed by atoms with Crippen LogP contribution in [0.25, 0.3) is 0 Å². The van der Waals surface area contributed by atoms with Crippen LogP contribution in [0.2, 0.25) is 5.02 Å². The number of hydrogen-bond donors (Lipinski definition) is 3. The zero-order chi connectivity index (χ0) is 15.2. The summed E-state index contributed by atoms with van der Waals surface area (Å²) < 4.78 is 0. The Morgan fingerprint density at radius 1 is 1.43 bits per heavy atom. The highest BCUT2D eigenvalue weighted by Gasteiger charge is 2.23. The van der Waals surface area contributed by atoms with Crippen molar-refractivity contribution in [3.8, 4) is 0 Å². The van der Waals surface area contributed by atoms with Gasteiger partial charge in [-0.1, -0.05) is 24.4 Å². The third kappa shape index (κ3) is 4.59. The normalized spacial score (nSPS) is 15.6. The van der Waals surface area contributed by atoms with E-state index in [2.05, 4.69) is 10.2 Å². The van der Waals surface area contributed by atoms with E-state index in [9.17, 15) is 4.79 Å². The minimum absolute atomic E-state index is 0.0671. The zero-order valence-corrected chi connectivity index (χ0v) is 12.8. The van der Waals surface area contributed by atoms with E-state index < -0.39 is 0 Å². The summed E-state index contributed by atoms with van der Waals surface area (Å²) in [5.74, 6) is -0.0999. The van der Waals surface area contributed by atoms with E-state index in [-0.39, 0.29) is 19.1 Å². The molecular weight excluding hydrogens is 290 g/mol. The summed E-state index contributed by atoms with van der Waals surface area (Å²) in [5.41, 5.74) is 6.80. The molecule has 0 bridgehead atoms. The first-order chi connectivity index (χ1) is 10.1. The van der Waals surface area contributed by atoms with Crippen molar-refractivity contribution in [1.82, 2.24) is 4.90 Å². The third-order valence-corrected chi connectivity index (χ3v) is 4.20. The second kappa shape index (κ2) is 7.64. The van der Waals surface area contributed by atoms with Gasteiger partial charge in [-0.3, -0.25) is 9.69 Å². The fourth-order valence-corrected chi connectivity index (χ4v) is 2.91. The first kappa shape index (κ1) is 16.1. The van der Waals surface area contributed by atoms with E-state index in [0.29, 0.717) is 29.0 Å². The van der Waals surface area contributed by atoms with Crippen molar-refractivity contribution >= 4 is 28.9 Å². The van der Waals surface area contributed by atoms with E-state index in [1.165, 1.54) is 12.8 Å². The van der Waals surface area contributed by atoms with Gasteiger partial charge in [-0.25, -0.2) is 0 Å². The maximum atomic E-state index is 12.1. The van der Waals surface area contributed by atoms with E-state index in [1.807, 2.05) is 0 Å². The average Bonchev–Trinajstić information content (AvgIpc) is 2.96. The number of rotatable bonds is 6. The summed E-state index contributed by atoms with van der Waals surface area (Å²) in [4.78, 5) is 14.2. The lowest BCUT2D eigenvalue weighted by Crippen LogP contribution is -2.41. The molecule has 0 atom stereocenters. The van der Waals surface area contributed by atoms with Gasteiger partial charge in [0.2, 0.25) is 5.91 Å². The lowest BCUT2D eigenvalue weighted by molar-refractivity contribution is -0.118. The molecule has 1 amide bonds. The summed E-state index contributed by atoms with van der Waals surface area (Å²) in [6.07, 6.45) is 4.59. The summed E-state index contributed by atoms with van der Waals surface area (Å²) in [6.45, 7) is 0.881. The molecule has 6 heteroatoms. The van der Waals surface area contributed by atoms with Crippen LogP contribution < -0.4 is 11.1 Å². The van der Waals surface area contributed by atoms with Crippen LogP contribution in [0.4, 0.5) is 11.4 Å². The van der Waals surface area contributed by atoms with Gasteiger partial charge < -0.3 is 16.2 Å². The van der Waals surface area contributed by atoms with Gasteiger partial charge in [0.25, 0.3) is 0 Å². The van der Waals surface area contributed by atoms with Crippen LogP contribution >= 0.6 is 11.6 Å². The number of aliphatic hydroxyl groups is 1. The van der Waals surface area contributed by atoms with Crippen molar-refractivity contribution in [3.05, 3.63) is 23.2 Å². The first-order valence-corrected chi connectivity index (χ1v) is 7.67. The van der Waals surface area contributed by atoms with Crippen molar-refractivity contribution < 1.29 is 9.90 Å². The highest BCUT2D eigenvalue weighted by molar-refractivity contribution is 6.33. The number of hydrogen-bond acceptors (Lipinski definition) is 4. The van der Waals surface area contributed by atoms with Crippen LogP contribution in [0.1, 0.15) is 25.7 Å². The van der Waals surface area contributed by atoms with Crippen LogP contribution in [-0.4, -0.2) is 41.7 Å². The number of benzene rings is 1. The molecule has 1 fully saturated rings. The van der Waals surface area contributed by atoms with Crippen LogP contribution in [0.5, 0.6) is 0 Å². The molecule has 0 aliphatic heterocycles. The standard InChI is InChI=1S/C15H22ClN3O2/c16-13-6-5-11(9-14(13)17)18-15(21)10-19(7-8-20)12-3-1-2-4-12/h5-6,9,12,20H,1-4,7-8,10,17H2,(H,18,21). The lowest BCUT2D eigenvalue weighted by Gasteiger charge is -2.27. The Morgan fingerprint density at radius 3 is 2.76 bits per heavy atom. The summed E-state index contributed by atoms with van der Waals surface area (Å²) in [5, 5.41) is 12.5. The number of nitrogens with one attached hydrogen (secondary N) is 1. The van der Waals surface area contributed by atoms with Crippen LogP contribution in [-0.2, 0) is 4.79 Å². The second-order valence-electron chi connectivity index (χ2n) is 5.42. The SMILES string of the molecule is Nc1cc(NC(=O)CN(CCO)C2CCCC2)ccc1Cl. The number of nitrogens with two attached hydrogens (primary N) is 1. The Morgan fingerprint density at radius 2 is 2.14 bits per heavy atom. The van der Waals surface area contributed by atoms with Crippen molar-refractivity contribution in [3.63, 3.8) is 0 Å². The predicted octanol–water partition coefficient (Wildman–Crippen LogP) is 2.10. The lowest BCUT2D eigenvalue weighted by atomic mass is 10.2. The molecule has 1 aliphatic rings. The van der Waals surface area contributed by atoms with E-state index in [4.69, 9.17) is 22.4 Å². The number of carbonyl (C=O) groups excluding carboxylic acids is 1. The smallest absolute Gasteiger partial charge is 0.238 e. The Labute approximate surface area is 130 Å². The topological polar surface area (TPSA) is 78.6 Å². The van der Waals surface area contributed by atoms with Crippen LogP contribution in [0, 0.1) is 0 Å².